The summed E-state index contributed by atoms with van der Waals surface area (Å²) in [4.78, 5) is 9.78. The van der Waals surface area contributed by atoms with E-state index in [0.29, 0.717) is 0 Å². The number of aliphatic hydroxyl groups excluding tert-OH is 6. The first kappa shape index (κ1) is 18.6. The Morgan fingerprint density at radius 3 is 1.94 bits per heavy atom. The second kappa shape index (κ2) is 9.28. The van der Waals surface area contributed by atoms with E-state index in [2.05, 4.69) is 4.74 Å². The van der Waals surface area contributed by atoms with Crippen molar-refractivity contribution in [2.24, 2.45) is 0 Å². The van der Waals surface area contributed by atoms with E-state index in [1.807, 2.05) is 0 Å². The van der Waals surface area contributed by atoms with Crippen LogP contribution in [0.25, 0.3) is 0 Å². The third-order valence-corrected chi connectivity index (χ3v) is 1.77. The number of aliphatic hydroxyl groups is 6. The molecule has 6 N–H and O–H groups in total. The Morgan fingerprint density at radius 2 is 1.56 bits per heavy atom. The minimum absolute atomic E-state index is 0. The minimum atomic E-state index is -2.03. The van der Waals surface area contributed by atoms with Gasteiger partial charge in [0.1, 0.15) is 24.4 Å². The SMILES string of the molecule is O=COC(O)[C@@H](O)[C@@H](O)[C@H](O)[C@H](O)CO.[H-].[Na+]. The van der Waals surface area contributed by atoms with Crippen LogP contribution < -0.4 is 29.6 Å². The van der Waals surface area contributed by atoms with E-state index >= 15 is 0 Å². The fourth-order valence-corrected chi connectivity index (χ4v) is 0.844. The van der Waals surface area contributed by atoms with Crippen molar-refractivity contribution in [2.45, 2.75) is 30.7 Å². The van der Waals surface area contributed by atoms with Crippen LogP contribution in [0.5, 0.6) is 0 Å². The van der Waals surface area contributed by atoms with Crippen molar-refractivity contribution in [3.8, 4) is 0 Å². The van der Waals surface area contributed by atoms with Gasteiger partial charge in [-0.15, -0.1) is 0 Å². The van der Waals surface area contributed by atoms with E-state index in [0.717, 1.165) is 0 Å². The van der Waals surface area contributed by atoms with Crippen LogP contribution in [0.3, 0.4) is 0 Å². The predicted octanol–water partition coefficient (Wildman–Crippen LogP) is -6.97. The quantitative estimate of drug-likeness (QED) is 0.148. The molecule has 0 aliphatic carbocycles. The fourth-order valence-electron chi connectivity index (χ4n) is 0.844. The normalized spacial score (nSPS) is 19.9. The molecule has 0 bridgehead atoms. The first-order valence-corrected chi connectivity index (χ1v) is 4.06. The monoisotopic (exact) mass is 250 g/mol. The molecule has 5 atom stereocenters. The summed E-state index contributed by atoms with van der Waals surface area (Å²) in [6.45, 7) is -0.995. The van der Waals surface area contributed by atoms with Gasteiger partial charge in [0.25, 0.3) is 6.47 Å². The molecule has 0 fully saturated rings. The summed E-state index contributed by atoms with van der Waals surface area (Å²) in [5, 5.41) is 53.5. The standard InChI is InChI=1S/C7H14O8.Na.H/c8-1-3(10)4(11)5(12)6(13)7(14)15-2-9;;/h2-8,10-14H,1H2;;/q;+1;-1/t3-,4-,5+,6+,7?;;/m1../s1. The molecule has 0 saturated carbocycles. The Labute approximate surface area is 115 Å². The van der Waals surface area contributed by atoms with Crippen LogP contribution in [-0.4, -0.2) is 74.4 Å². The van der Waals surface area contributed by atoms with Gasteiger partial charge in [0.2, 0.25) is 6.29 Å². The van der Waals surface area contributed by atoms with Gasteiger partial charge in [0.05, 0.1) is 6.61 Å². The Balaban J connectivity index is -0.000000980. The molecule has 0 heterocycles. The molecule has 0 aromatic carbocycles. The van der Waals surface area contributed by atoms with Crippen LogP contribution >= 0.6 is 0 Å². The number of carbonyl (C=O) groups excluding carboxylic acids is 1. The maximum atomic E-state index is 9.78. The molecule has 0 spiro atoms. The molecule has 0 aromatic heterocycles. The van der Waals surface area contributed by atoms with Crippen LogP contribution in [0, 0.1) is 0 Å². The van der Waals surface area contributed by atoms with E-state index in [9.17, 15) is 4.79 Å². The van der Waals surface area contributed by atoms with Crippen molar-refractivity contribution in [1.29, 1.82) is 0 Å². The Kier molecular flexibility index (Phi) is 10.8. The predicted molar refractivity (Wildman–Crippen MR) is 45.4 cm³/mol. The van der Waals surface area contributed by atoms with Gasteiger partial charge in [-0.3, -0.25) is 4.79 Å². The molecule has 0 rings (SSSR count). The molecule has 16 heavy (non-hydrogen) atoms. The van der Waals surface area contributed by atoms with Crippen molar-refractivity contribution in [2.75, 3.05) is 6.61 Å². The number of hydrogen-bond acceptors (Lipinski definition) is 8. The molecule has 1 unspecified atom stereocenters. The first-order chi connectivity index (χ1) is 6.95. The maximum Gasteiger partial charge on any atom is 1.00 e. The molecule has 92 valence electrons. The molecule has 0 saturated heterocycles. The van der Waals surface area contributed by atoms with E-state index < -0.39 is 37.3 Å². The Hall–Kier alpha value is 0.230. The second-order valence-electron chi connectivity index (χ2n) is 2.84. The molecular weight excluding hydrogens is 235 g/mol. The number of rotatable bonds is 7. The first-order valence-electron chi connectivity index (χ1n) is 4.06. The zero-order valence-electron chi connectivity index (χ0n) is 9.67. The van der Waals surface area contributed by atoms with Gasteiger partial charge in [-0.2, -0.15) is 0 Å². The third kappa shape index (κ3) is 5.53. The summed E-state index contributed by atoms with van der Waals surface area (Å²) in [5.74, 6) is 0. The summed E-state index contributed by atoms with van der Waals surface area (Å²) in [5.41, 5.74) is 0. The zero-order valence-corrected chi connectivity index (χ0v) is 10.7. The van der Waals surface area contributed by atoms with Gasteiger partial charge in [0, 0.05) is 0 Å². The average molecular weight is 250 g/mol. The van der Waals surface area contributed by atoms with Crippen molar-refractivity contribution in [3.05, 3.63) is 0 Å². The molecule has 0 radical (unpaired) electrons. The number of carbonyl (C=O) groups is 1. The average Bonchev–Trinajstić information content (AvgIpc) is 2.25. The van der Waals surface area contributed by atoms with Gasteiger partial charge in [-0.05, 0) is 0 Å². The molecule has 0 aromatic rings. The number of hydrogen-bond donors (Lipinski definition) is 6. The van der Waals surface area contributed by atoms with Gasteiger partial charge in [-0.25, -0.2) is 0 Å². The molecule has 0 aliphatic heterocycles. The fraction of sp³-hybridized carbons (Fsp3) is 0.857. The van der Waals surface area contributed by atoms with Crippen LogP contribution in [0.4, 0.5) is 0 Å². The van der Waals surface area contributed by atoms with Crippen LogP contribution in [0.15, 0.2) is 0 Å². The second-order valence-corrected chi connectivity index (χ2v) is 2.84. The smallest absolute Gasteiger partial charge is 1.00 e. The number of ether oxygens (including phenoxy) is 1. The molecule has 0 aliphatic rings. The largest absolute Gasteiger partial charge is 1.00 e. The summed E-state index contributed by atoms with van der Waals surface area (Å²) in [6.07, 6.45) is -9.56. The van der Waals surface area contributed by atoms with E-state index in [-0.39, 0.29) is 37.5 Å². The Bertz CT molecular complexity index is 197. The molecular formula is C7H15NaO8. The molecule has 9 heteroatoms. The van der Waals surface area contributed by atoms with Crippen LogP contribution in [0.1, 0.15) is 1.43 Å². The van der Waals surface area contributed by atoms with Crippen molar-refractivity contribution in [1.82, 2.24) is 0 Å². The topological polar surface area (TPSA) is 148 Å². The molecule has 8 nitrogen and oxygen atoms in total. The van der Waals surface area contributed by atoms with Gasteiger partial charge >= 0.3 is 29.6 Å². The minimum Gasteiger partial charge on any atom is -1.00 e. The van der Waals surface area contributed by atoms with Crippen molar-refractivity contribution < 1.29 is 71.2 Å². The summed E-state index contributed by atoms with van der Waals surface area (Å²) in [6, 6.07) is 0. The van der Waals surface area contributed by atoms with Crippen LogP contribution in [0.2, 0.25) is 0 Å². The van der Waals surface area contributed by atoms with E-state index in [4.69, 9.17) is 30.6 Å². The zero-order chi connectivity index (χ0) is 12.0. The summed E-state index contributed by atoms with van der Waals surface area (Å²) >= 11 is 0. The molecule has 0 amide bonds. The van der Waals surface area contributed by atoms with Crippen LogP contribution in [-0.2, 0) is 9.53 Å². The van der Waals surface area contributed by atoms with Crippen molar-refractivity contribution in [3.63, 3.8) is 0 Å². The third-order valence-electron chi connectivity index (χ3n) is 1.77. The van der Waals surface area contributed by atoms with Gasteiger partial charge in [0.15, 0.2) is 0 Å². The van der Waals surface area contributed by atoms with Gasteiger partial charge < -0.3 is 36.8 Å². The van der Waals surface area contributed by atoms with E-state index in [1.54, 1.807) is 0 Å². The summed E-state index contributed by atoms with van der Waals surface area (Å²) < 4.78 is 3.90. The Morgan fingerprint density at radius 1 is 1.06 bits per heavy atom. The van der Waals surface area contributed by atoms with Crippen molar-refractivity contribution >= 4 is 6.47 Å². The maximum absolute atomic E-state index is 9.78. The van der Waals surface area contributed by atoms with Gasteiger partial charge in [-0.1, -0.05) is 0 Å². The summed E-state index contributed by atoms with van der Waals surface area (Å²) in [7, 11) is 0. The van der Waals surface area contributed by atoms with E-state index in [1.165, 1.54) is 0 Å².